The number of nitrogens with one attached hydrogen (secondary N) is 1. The van der Waals surface area contributed by atoms with Crippen LogP contribution in [-0.2, 0) is 17.0 Å². The molecule has 0 bridgehead atoms. The van der Waals surface area contributed by atoms with Crippen molar-refractivity contribution >= 4 is 11.8 Å². The van der Waals surface area contributed by atoms with Gasteiger partial charge in [0.05, 0.1) is 13.2 Å². The highest BCUT2D eigenvalue weighted by Gasteiger charge is 2.15. The molecule has 4 heteroatoms. The molecule has 0 amide bonds. The van der Waals surface area contributed by atoms with Crippen LogP contribution in [0.3, 0.4) is 0 Å². The summed E-state index contributed by atoms with van der Waals surface area (Å²) in [6.45, 7) is 5.12. The zero-order valence-electron chi connectivity index (χ0n) is 13.2. The van der Waals surface area contributed by atoms with E-state index in [0.717, 1.165) is 37.0 Å². The Bertz CT molecular complexity index is 419. The summed E-state index contributed by atoms with van der Waals surface area (Å²) in [4.78, 5) is 0. The van der Waals surface area contributed by atoms with Crippen LogP contribution in [0.4, 0.5) is 0 Å². The minimum atomic E-state index is 0.454. The van der Waals surface area contributed by atoms with Crippen LogP contribution in [-0.4, -0.2) is 32.1 Å². The third kappa shape index (κ3) is 5.53. The number of rotatable bonds is 9. The van der Waals surface area contributed by atoms with Gasteiger partial charge in [-0.1, -0.05) is 13.0 Å². The van der Waals surface area contributed by atoms with Gasteiger partial charge in [-0.25, -0.2) is 0 Å². The van der Waals surface area contributed by atoms with E-state index in [1.165, 1.54) is 30.4 Å². The topological polar surface area (TPSA) is 30.5 Å². The number of hydrogen-bond acceptors (Lipinski definition) is 4. The summed E-state index contributed by atoms with van der Waals surface area (Å²) in [6, 6.07) is 6.50. The van der Waals surface area contributed by atoms with Crippen LogP contribution in [0.1, 0.15) is 37.3 Å². The highest BCUT2D eigenvalue weighted by Crippen LogP contribution is 2.26. The molecule has 0 aromatic heterocycles. The van der Waals surface area contributed by atoms with Crippen LogP contribution < -0.4 is 10.1 Å². The van der Waals surface area contributed by atoms with Gasteiger partial charge in [-0.15, -0.1) is 0 Å². The van der Waals surface area contributed by atoms with Crippen molar-refractivity contribution in [1.82, 2.24) is 5.32 Å². The molecule has 1 aliphatic heterocycles. The summed E-state index contributed by atoms with van der Waals surface area (Å²) in [5, 5.41) is 3.45. The highest BCUT2D eigenvalue weighted by atomic mass is 32.2. The van der Waals surface area contributed by atoms with E-state index in [-0.39, 0.29) is 0 Å². The molecular weight excluding hydrogens is 282 g/mol. The van der Waals surface area contributed by atoms with Gasteiger partial charge in [0.25, 0.3) is 0 Å². The molecule has 0 spiro atoms. The first-order chi connectivity index (χ1) is 10.3. The van der Waals surface area contributed by atoms with E-state index in [2.05, 4.69) is 30.4 Å². The van der Waals surface area contributed by atoms with Crippen molar-refractivity contribution in [2.45, 2.75) is 44.6 Å². The van der Waals surface area contributed by atoms with Crippen LogP contribution in [0, 0.1) is 0 Å². The second kappa shape index (κ2) is 9.34. The second-order valence-electron chi connectivity index (χ2n) is 5.47. The van der Waals surface area contributed by atoms with Crippen molar-refractivity contribution < 1.29 is 9.47 Å². The van der Waals surface area contributed by atoms with Crippen molar-refractivity contribution in [2.75, 3.05) is 26.0 Å². The van der Waals surface area contributed by atoms with Crippen LogP contribution in [0.25, 0.3) is 0 Å². The first-order valence-corrected chi connectivity index (χ1v) is 9.04. The van der Waals surface area contributed by atoms with Gasteiger partial charge < -0.3 is 14.8 Å². The van der Waals surface area contributed by atoms with Crippen molar-refractivity contribution in [3.63, 3.8) is 0 Å². The molecule has 0 saturated carbocycles. The van der Waals surface area contributed by atoms with Crippen molar-refractivity contribution in [2.24, 2.45) is 0 Å². The van der Waals surface area contributed by atoms with Gasteiger partial charge in [0.15, 0.2) is 0 Å². The zero-order chi connectivity index (χ0) is 14.9. The SMILES string of the molecule is CCCNCc1ccc(OC)c(CSCC2CCCO2)c1. The molecule has 1 aliphatic rings. The van der Waals surface area contributed by atoms with Crippen LogP contribution in [0.5, 0.6) is 5.75 Å². The van der Waals surface area contributed by atoms with E-state index in [9.17, 15) is 0 Å². The van der Waals surface area contributed by atoms with Crippen molar-refractivity contribution in [1.29, 1.82) is 0 Å². The van der Waals surface area contributed by atoms with Crippen molar-refractivity contribution in [3.8, 4) is 5.75 Å². The number of methoxy groups -OCH3 is 1. The molecule has 1 N–H and O–H groups in total. The molecule has 2 rings (SSSR count). The predicted octanol–water partition coefficient (Wildman–Crippen LogP) is 3.61. The Kier molecular flexibility index (Phi) is 7.41. The van der Waals surface area contributed by atoms with Gasteiger partial charge in [0.2, 0.25) is 0 Å². The van der Waals surface area contributed by atoms with Gasteiger partial charge in [0, 0.05) is 30.2 Å². The summed E-state index contributed by atoms with van der Waals surface area (Å²) in [5.74, 6) is 3.07. The summed E-state index contributed by atoms with van der Waals surface area (Å²) in [7, 11) is 1.75. The third-order valence-corrected chi connectivity index (χ3v) is 4.81. The zero-order valence-corrected chi connectivity index (χ0v) is 14.0. The molecule has 118 valence electrons. The Morgan fingerprint density at radius 2 is 2.33 bits per heavy atom. The lowest BCUT2D eigenvalue weighted by Gasteiger charge is -2.13. The molecule has 21 heavy (non-hydrogen) atoms. The molecule has 1 unspecified atom stereocenters. The van der Waals surface area contributed by atoms with E-state index >= 15 is 0 Å². The first kappa shape index (κ1) is 16.7. The summed E-state index contributed by atoms with van der Waals surface area (Å²) in [6.07, 6.45) is 4.05. The summed E-state index contributed by atoms with van der Waals surface area (Å²) in [5.41, 5.74) is 2.62. The maximum absolute atomic E-state index is 5.67. The van der Waals surface area contributed by atoms with Crippen molar-refractivity contribution in [3.05, 3.63) is 29.3 Å². The van der Waals surface area contributed by atoms with Crippen LogP contribution in [0.15, 0.2) is 18.2 Å². The maximum Gasteiger partial charge on any atom is 0.122 e. The predicted molar refractivity (Wildman–Crippen MR) is 90.1 cm³/mol. The molecule has 3 nitrogen and oxygen atoms in total. The Morgan fingerprint density at radius 3 is 3.05 bits per heavy atom. The van der Waals surface area contributed by atoms with Gasteiger partial charge >= 0.3 is 0 Å². The lowest BCUT2D eigenvalue weighted by molar-refractivity contribution is 0.129. The quantitative estimate of drug-likeness (QED) is 0.706. The van der Waals surface area contributed by atoms with Crippen LogP contribution in [0.2, 0.25) is 0 Å². The Balaban J connectivity index is 1.86. The Morgan fingerprint density at radius 1 is 1.43 bits per heavy atom. The first-order valence-electron chi connectivity index (χ1n) is 7.89. The minimum absolute atomic E-state index is 0.454. The lowest BCUT2D eigenvalue weighted by atomic mass is 10.1. The molecule has 1 fully saturated rings. The second-order valence-corrected chi connectivity index (χ2v) is 6.50. The average molecular weight is 309 g/mol. The lowest BCUT2D eigenvalue weighted by Crippen LogP contribution is -2.14. The molecule has 0 radical (unpaired) electrons. The largest absolute Gasteiger partial charge is 0.496 e. The average Bonchev–Trinajstić information content (AvgIpc) is 3.01. The third-order valence-electron chi connectivity index (χ3n) is 3.69. The fourth-order valence-electron chi connectivity index (χ4n) is 2.54. The molecule has 1 aromatic rings. The summed E-state index contributed by atoms with van der Waals surface area (Å²) < 4.78 is 11.2. The minimum Gasteiger partial charge on any atom is -0.496 e. The fraction of sp³-hybridized carbons (Fsp3) is 0.647. The van der Waals surface area contributed by atoms with Crippen LogP contribution >= 0.6 is 11.8 Å². The summed E-state index contributed by atoms with van der Waals surface area (Å²) >= 11 is 1.94. The Labute approximate surface area is 132 Å². The smallest absolute Gasteiger partial charge is 0.122 e. The Hall–Kier alpha value is -0.710. The van der Waals surface area contributed by atoms with E-state index < -0.39 is 0 Å². The number of ether oxygens (including phenoxy) is 2. The number of hydrogen-bond donors (Lipinski definition) is 1. The monoisotopic (exact) mass is 309 g/mol. The molecule has 1 aromatic carbocycles. The molecule has 1 saturated heterocycles. The number of thioether (sulfide) groups is 1. The fourth-order valence-corrected chi connectivity index (χ4v) is 3.63. The molecule has 0 aliphatic carbocycles. The molecule has 1 heterocycles. The van der Waals surface area contributed by atoms with Gasteiger partial charge in [0.1, 0.15) is 5.75 Å². The van der Waals surface area contributed by atoms with E-state index in [0.29, 0.717) is 6.10 Å². The van der Waals surface area contributed by atoms with E-state index in [1.54, 1.807) is 7.11 Å². The van der Waals surface area contributed by atoms with Gasteiger partial charge in [-0.3, -0.25) is 0 Å². The highest BCUT2D eigenvalue weighted by molar-refractivity contribution is 7.98. The van der Waals surface area contributed by atoms with Gasteiger partial charge in [-0.05, 0) is 43.5 Å². The van der Waals surface area contributed by atoms with E-state index in [1.807, 2.05) is 11.8 Å². The maximum atomic E-state index is 5.67. The number of benzene rings is 1. The van der Waals surface area contributed by atoms with Gasteiger partial charge in [-0.2, -0.15) is 11.8 Å². The molecule has 1 atom stereocenters. The van der Waals surface area contributed by atoms with E-state index in [4.69, 9.17) is 9.47 Å². The normalized spacial score (nSPS) is 18.1. The molecular formula is C17H27NO2S. The standard InChI is InChI=1S/C17H27NO2S/c1-3-8-18-11-14-6-7-17(19-2)15(10-14)12-21-13-16-5-4-9-20-16/h6-7,10,16,18H,3-5,8-9,11-13H2,1-2H3.